The van der Waals surface area contributed by atoms with Gasteiger partial charge in [0.2, 0.25) is 5.91 Å². The fourth-order valence-corrected chi connectivity index (χ4v) is 5.46. The molecule has 1 fully saturated rings. The minimum atomic E-state index is -0.0161. The zero-order valence-electron chi connectivity index (χ0n) is 22.5. The van der Waals surface area contributed by atoms with Crippen molar-refractivity contribution in [3.05, 3.63) is 73.0 Å². The van der Waals surface area contributed by atoms with Gasteiger partial charge in [-0.2, -0.15) is 5.10 Å². The number of aromatic nitrogens is 6. The molecule has 6 rings (SSSR count). The van der Waals surface area contributed by atoms with Crippen molar-refractivity contribution in [2.75, 3.05) is 13.1 Å². The van der Waals surface area contributed by atoms with E-state index in [-0.39, 0.29) is 11.9 Å². The van der Waals surface area contributed by atoms with Gasteiger partial charge in [-0.05, 0) is 75.1 Å². The molecule has 5 aromatic rings. The highest BCUT2D eigenvalue weighted by Gasteiger charge is 2.25. The molecule has 0 saturated carbocycles. The van der Waals surface area contributed by atoms with Crippen molar-refractivity contribution >= 4 is 28.0 Å². The van der Waals surface area contributed by atoms with Crippen LogP contribution in [0.5, 0.6) is 11.5 Å². The maximum atomic E-state index is 12.2. The molecule has 0 aliphatic carbocycles. The van der Waals surface area contributed by atoms with Crippen LogP contribution >= 0.6 is 0 Å². The zero-order valence-corrected chi connectivity index (χ0v) is 22.5. The molecule has 0 unspecified atom stereocenters. The van der Waals surface area contributed by atoms with Crippen LogP contribution < -0.4 is 4.74 Å². The third-order valence-corrected chi connectivity index (χ3v) is 7.58. The normalized spacial score (nSPS) is 16.0. The maximum Gasteiger partial charge on any atom is 0.245 e. The highest BCUT2D eigenvalue weighted by Crippen LogP contribution is 2.36. The molecule has 1 amide bonds. The number of amides is 1. The lowest BCUT2D eigenvalue weighted by Gasteiger charge is -2.19. The van der Waals surface area contributed by atoms with Gasteiger partial charge in [0.05, 0.1) is 34.5 Å². The summed E-state index contributed by atoms with van der Waals surface area (Å²) in [6.07, 6.45) is 7.43. The molecule has 3 aromatic heterocycles. The van der Waals surface area contributed by atoms with E-state index in [1.807, 2.05) is 65.4 Å². The molecule has 1 aliphatic rings. The topological polar surface area (TPSA) is 91.0 Å². The first-order valence-electron chi connectivity index (χ1n) is 13.2. The average molecular weight is 522 g/mol. The van der Waals surface area contributed by atoms with Crippen molar-refractivity contribution in [3.8, 4) is 22.8 Å². The number of benzene rings is 2. The van der Waals surface area contributed by atoms with Crippen LogP contribution in [0.4, 0.5) is 0 Å². The lowest BCUT2D eigenvalue weighted by molar-refractivity contribution is -0.125. The molecule has 0 radical (unpaired) electrons. The Kier molecular flexibility index (Phi) is 6.34. The van der Waals surface area contributed by atoms with Gasteiger partial charge in [-0.25, -0.2) is 19.6 Å². The number of fused-ring (bicyclic) bond motifs is 2. The fourth-order valence-electron chi connectivity index (χ4n) is 5.46. The van der Waals surface area contributed by atoms with E-state index in [0.29, 0.717) is 6.54 Å². The van der Waals surface area contributed by atoms with E-state index in [9.17, 15) is 4.79 Å². The number of hydrogen-bond acceptors (Lipinski definition) is 6. The van der Waals surface area contributed by atoms with Gasteiger partial charge in [0, 0.05) is 31.8 Å². The van der Waals surface area contributed by atoms with Crippen LogP contribution in [-0.2, 0) is 11.8 Å². The summed E-state index contributed by atoms with van der Waals surface area (Å²) >= 11 is 0. The second-order valence-corrected chi connectivity index (χ2v) is 10.2. The molecule has 1 atom stereocenters. The molecular formula is C30H31N7O2. The molecule has 1 saturated heterocycles. The molecule has 0 N–H and O–H groups in total. The van der Waals surface area contributed by atoms with Gasteiger partial charge in [0.1, 0.15) is 23.5 Å². The molecule has 4 heterocycles. The predicted molar refractivity (Wildman–Crippen MR) is 151 cm³/mol. The smallest absolute Gasteiger partial charge is 0.245 e. The number of rotatable bonds is 5. The van der Waals surface area contributed by atoms with Gasteiger partial charge in [-0.15, -0.1) is 0 Å². The van der Waals surface area contributed by atoms with E-state index in [4.69, 9.17) is 9.84 Å². The largest absolute Gasteiger partial charge is 0.457 e. The minimum Gasteiger partial charge on any atom is -0.457 e. The van der Waals surface area contributed by atoms with E-state index in [1.165, 1.54) is 6.08 Å². The Hall–Kier alpha value is -4.53. The monoisotopic (exact) mass is 521 g/mol. The van der Waals surface area contributed by atoms with E-state index < -0.39 is 0 Å². The molecule has 2 aromatic carbocycles. The number of imidazole rings is 1. The van der Waals surface area contributed by atoms with Crippen molar-refractivity contribution in [2.45, 2.75) is 39.2 Å². The first-order valence-corrected chi connectivity index (χ1v) is 13.2. The van der Waals surface area contributed by atoms with Gasteiger partial charge in [0.15, 0.2) is 5.65 Å². The molecular weight excluding hydrogens is 490 g/mol. The average Bonchev–Trinajstić information content (AvgIpc) is 3.41. The highest BCUT2D eigenvalue weighted by molar-refractivity contribution is 5.93. The quantitative estimate of drug-likeness (QED) is 0.283. The summed E-state index contributed by atoms with van der Waals surface area (Å²) in [6, 6.07) is 12.2. The van der Waals surface area contributed by atoms with Crippen LogP contribution in [-0.4, -0.2) is 53.2 Å². The Morgan fingerprint density at radius 1 is 1.08 bits per heavy atom. The van der Waals surface area contributed by atoms with Gasteiger partial charge < -0.3 is 14.2 Å². The maximum absolute atomic E-state index is 12.2. The number of aryl methyl sites for hydroxylation is 3. The second-order valence-electron chi connectivity index (χ2n) is 10.2. The van der Waals surface area contributed by atoms with Gasteiger partial charge in [0.25, 0.3) is 0 Å². The number of carbonyl (C=O) groups excluding carboxylic acids is 1. The summed E-state index contributed by atoms with van der Waals surface area (Å²) in [5, 5.41) is 6.06. The Labute approximate surface area is 226 Å². The summed E-state index contributed by atoms with van der Waals surface area (Å²) in [5.74, 6) is 1.51. The molecule has 9 nitrogen and oxygen atoms in total. The van der Waals surface area contributed by atoms with Gasteiger partial charge >= 0.3 is 0 Å². The molecule has 39 heavy (non-hydrogen) atoms. The molecule has 0 spiro atoms. The first-order chi connectivity index (χ1) is 18.9. The summed E-state index contributed by atoms with van der Waals surface area (Å²) in [6.45, 7) is 9.08. The lowest BCUT2D eigenvalue weighted by Crippen LogP contribution is -2.30. The number of carbonyl (C=O) groups is 1. The Balaban J connectivity index is 1.33. The second kappa shape index (κ2) is 9.98. The Morgan fingerprint density at radius 3 is 2.77 bits per heavy atom. The van der Waals surface area contributed by atoms with Crippen LogP contribution in [0.3, 0.4) is 0 Å². The first kappa shape index (κ1) is 24.8. The van der Waals surface area contributed by atoms with Crippen molar-refractivity contribution in [1.29, 1.82) is 0 Å². The predicted octanol–water partition coefficient (Wildman–Crippen LogP) is 5.53. The fraction of sp³-hybridized carbons (Fsp3) is 0.300. The Bertz CT molecular complexity index is 1720. The van der Waals surface area contributed by atoms with Crippen LogP contribution in [0.2, 0.25) is 0 Å². The van der Waals surface area contributed by atoms with Crippen LogP contribution in [0.15, 0.2) is 61.7 Å². The van der Waals surface area contributed by atoms with E-state index in [0.717, 1.165) is 81.9 Å². The number of nitrogens with zero attached hydrogens (tertiary/aromatic N) is 7. The third-order valence-electron chi connectivity index (χ3n) is 7.58. The summed E-state index contributed by atoms with van der Waals surface area (Å²) in [7, 11) is 1.98. The minimum absolute atomic E-state index is 0.0161. The molecule has 1 aliphatic heterocycles. The van der Waals surface area contributed by atoms with E-state index in [1.54, 1.807) is 12.7 Å². The summed E-state index contributed by atoms with van der Waals surface area (Å²) in [4.78, 5) is 27.6. The van der Waals surface area contributed by atoms with Gasteiger partial charge in [-0.1, -0.05) is 6.58 Å². The summed E-state index contributed by atoms with van der Waals surface area (Å²) < 4.78 is 10.3. The molecule has 198 valence electrons. The van der Waals surface area contributed by atoms with Crippen molar-refractivity contribution < 1.29 is 9.53 Å². The number of likely N-dealkylation sites (tertiary alicyclic amines) is 1. The van der Waals surface area contributed by atoms with Crippen LogP contribution in [0.25, 0.3) is 33.3 Å². The Morgan fingerprint density at radius 2 is 1.95 bits per heavy atom. The number of hydrogen-bond donors (Lipinski definition) is 0. The number of ether oxygens (including phenoxy) is 1. The SMILES string of the molecule is C=CC(=O)N1CCC[C@H](n2nc(-c3ccc(Oc4ccc5c(c4)ncn5C)c(C)c3)c3c(C)ncnc32)CC1. The van der Waals surface area contributed by atoms with Crippen LogP contribution in [0, 0.1) is 13.8 Å². The van der Waals surface area contributed by atoms with Gasteiger partial charge in [-0.3, -0.25) is 4.79 Å². The standard InChI is InChI=1S/C30H31N7O2/c1-5-27(38)36-13-6-7-22(12-14-36)37-30-28(20(3)31-17-32-30)29(34-37)21-8-11-26(19(2)15-21)39-23-9-10-25-24(16-23)33-18-35(25)4/h5,8-11,15-18,22H,1,6-7,12-14H2,2-4H3/t22-/m0/s1. The highest BCUT2D eigenvalue weighted by atomic mass is 16.5. The zero-order chi connectivity index (χ0) is 27.1. The molecule has 0 bridgehead atoms. The molecule has 9 heteroatoms. The third kappa shape index (κ3) is 4.54. The van der Waals surface area contributed by atoms with Crippen molar-refractivity contribution in [2.24, 2.45) is 7.05 Å². The lowest BCUT2D eigenvalue weighted by atomic mass is 10.0. The van der Waals surface area contributed by atoms with Crippen molar-refractivity contribution in [1.82, 2.24) is 34.2 Å². The summed E-state index contributed by atoms with van der Waals surface area (Å²) in [5.41, 5.74) is 6.51. The van der Waals surface area contributed by atoms with E-state index in [2.05, 4.69) is 27.6 Å². The van der Waals surface area contributed by atoms with Crippen LogP contribution in [0.1, 0.15) is 36.6 Å². The van der Waals surface area contributed by atoms with Crippen molar-refractivity contribution in [3.63, 3.8) is 0 Å². The van der Waals surface area contributed by atoms with E-state index >= 15 is 0 Å².